The van der Waals surface area contributed by atoms with E-state index in [1.165, 1.54) is 0 Å². The summed E-state index contributed by atoms with van der Waals surface area (Å²) < 4.78 is 0. The van der Waals surface area contributed by atoms with E-state index in [1.54, 1.807) is 0 Å². The molecule has 0 spiro atoms. The quantitative estimate of drug-likeness (QED) is 0.570. The molecule has 0 bridgehead atoms. The van der Waals surface area contributed by atoms with Gasteiger partial charge in [-0.25, -0.2) is 0 Å². The molecule has 1 heterocycles. The predicted molar refractivity (Wildman–Crippen MR) is 58.9 cm³/mol. The first-order valence-electron chi connectivity index (χ1n) is 5.41. The van der Waals surface area contributed by atoms with Crippen LogP contribution < -0.4 is 0 Å². The Labute approximate surface area is 91.2 Å². The van der Waals surface area contributed by atoms with Gasteiger partial charge >= 0.3 is 0 Å². The summed E-state index contributed by atoms with van der Waals surface area (Å²) in [5.74, 6) is 0. The molecule has 1 fully saturated rings. The van der Waals surface area contributed by atoms with E-state index in [9.17, 15) is 0 Å². The number of hydrogen-bond donors (Lipinski definition) is 1. The summed E-state index contributed by atoms with van der Waals surface area (Å²) in [4.78, 5) is 2.33. The molecule has 0 atom stereocenters. The maximum Gasteiger partial charge on any atom is 0.0684 e. The molecule has 1 rings (SSSR count). The van der Waals surface area contributed by atoms with Crippen LogP contribution in [-0.4, -0.2) is 35.5 Å². The molecular formula is C11H19N3O. The van der Waals surface area contributed by atoms with Crippen LogP contribution in [0.25, 0.3) is 0 Å². The second-order valence-electron chi connectivity index (χ2n) is 4.75. The van der Waals surface area contributed by atoms with Crippen LogP contribution in [0.15, 0.2) is 5.16 Å². The molecule has 1 aliphatic rings. The largest absolute Gasteiger partial charge is 0.411 e. The first kappa shape index (κ1) is 12.0. The SMILES string of the molecule is CC(C)(C#N)CCN1CCC(=NO)CC1. The van der Waals surface area contributed by atoms with Crippen molar-refractivity contribution in [2.45, 2.75) is 33.1 Å². The van der Waals surface area contributed by atoms with E-state index in [1.807, 2.05) is 13.8 Å². The van der Waals surface area contributed by atoms with E-state index in [4.69, 9.17) is 10.5 Å². The highest BCUT2D eigenvalue weighted by atomic mass is 16.4. The Hall–Kier alpha value is -1.08. The molecular weight excluding hydrogens is 190 g/mol. The summed E-state index contributed by atoms with van der Waals surface area (Å²) in [6, 6.07) is 2.31. The summed E-state index contributed by atoms with van der Waals surface area (Å²) in [6.45, 7) is 6.79. The minimum absolute atomic E-state index is 0.231. The van der Waals surface area contributed by atoms with Gasteiger partial charge in [-0.2, -0.15) is 5.26 Å². The molecule has 84 valence electrons. The van der Waals surface area contributed by atoms with Crippen LogP contribution in [0.3, 0.4) is 0 Å². The Bertz CT molecular complexity index is 268. The molecule has 4 heteroatoms. The number of rotatable bonds is 3. The lowest BCUT2D eigenvalue weighted by Crippen LogP contribution is -2.36. The fraction of sp³-hybridized carbons (Fsp3) is 0.818. The molecule has 15 heavy (non-hydrogen) atoms. The topological polar surface area (TPSA) is 59.6 Å². The number of nitriles is 1. The standard InChI is InChI=1S/C11H19N3O/c1-11(2,9-12)5-8-14-6-3-10(13-15)4-7-14/h15H,3-8H2,1-2H3. The van der Waals surface area contributed by atoms with Gasteiger partial charge in [-0.1, -0.05) is 5.16 Å². The van der Waals surface area contributed by atoms with Gasteiger partial charge in [0, 0.05) is 25.9 Å². The lowest BCUT2D eigenvalue weighted by molar-refractivity contribution is 0.236. The molecule has 0 aromatic heterocycles. The molecule has 0 amide bonds. The molecule has 0 aliphatic carbocycles. The Morgan fingerprint density at radius 3 is 2.53 bits per heavy atom. The monoisotopic (exact) mass is 209 g/mol. The third-order valence-corrected chi connectivity index (χ3v) is 2.93. The second kappa shape index (κ2) is 5.13. The minimum atomic E-state index is -0.231. The number of nitrogens with zero attached hydrogens (tertiary/aromatic N) is 3. The van der Waals surface area contributed by atoms with Gasteiger partial charge < -0.3 is 10.1 Å². The van der Waals surface area contributed by atoms with Crippen molar-refractivity contribution in [3.05, 3.63) is 0 Å². The lowest BCUT2D eigenvalue weighted by atomic mass is 9.91. The van der Waals surface area contributed by atoms with Crippen molar-refractivity contribution in [1.29, 1.82) is 5.26 Å². The molecule has 4 nitrogen and oxygen atoms in total. The fourth-order valence-electron chi connectivity index (χ4n) is 1.63. The van der Waals surface area contributed by atoms with Crippen LogP contribution in [-0.2, 0) is 0 Å². The van der Waals surface area contributed by atoms with Crippen LogP contribution in [0.1, 0.15) is 33.1 Å². The van der Waals surface area contributed by atoms with Crippen LogP contribution in [0.2, 0.25) is 0 Å². The van der Waals surface area contributed by atoms with Crippen molar-refractivity contribution in [2.24, 2.45) is 10.6 Å². The maximum atomic E-state index is 8.88. The molecule has 0 aromatic rings. The number of piperidine rings is 1. The van der Waals surface area contributed by atoms with Gasteiger partial charge in [-0.15, -0.1) is 0 Å². The van der Waals surface area contributed by atoms with Gasteiger partial charge in [0.2, 0.25) is 0 Å². The second-order valence-corrected chi connectivity index (χ2v) is 4.75. The Morgan fingerprint density at radius 1 is 1.47 bits per heavy atom. The highest BCUT2D eigenvalue weighted by Gasteiger charge is 2.20. The van der Waals surface area contributed by atoms with Crippen LogP contribution in [0.5, 0.6) is 0 Å². The summed E-state index contributed by atoms with van der Waals surface area (Å²) in [7, 11) is 0. The molecule has 1 N–H and O–H groups in total. The third kappa shape index (κ3) is 3.88. The maximum absolute atomic E-state index is 8.88. The van der Waals surface area contributed by atoms with E-state index in [0.717, 1.165) is 44.6 Å². The average molecular weight is 209 g/mol. The summed E-state index contributed by atoms with van der Waals surface area (Å²) in [5.41, 5.74) is 0.663. The smallest absolute Gasteiger partial charge is 0.0684 e. The van der Waals surface area contributed by atoms with Crippen molar-refractivity contribution in [2.75, 3.05) is 19.6 Å². The molecule has 0 saturated carbocycles. The van der Waals surface area contributed by atoms with Crippen molar-refractivity contribution >= 4 is 5.71 Å². The van der Waals surface area contributed by atoms with Crippen LogP contribution in [0.4, 0.5) is 0 Å². The van der Waals surface area contributed by atoms with Gasteiger partial charge in [0.05, 0.1) is 17.2 Å². The van der Waals surface area contributed by atoms with Gasteiger partial charge in [-0.3, -0.25) is 0 Å². The molecule has 0 unspecified atom stereocenters. The van der Waals surface area contributed by atoms with Gasteiger partial charge in [0.1, 0.15) is 0 Å². The van der Waals surface area contributed by atoms with Crippen molar-refractivity contribution < 1.29 is 5.21 Å². The Balaban J connectivity index is 2.28. The summed E-state index contributed by atoms with van der Waals surface area (Å²) >= 11 is 0. The minimum Gasteiger partial charge on any atom is -0.411 e. The molecule has 1 saturated heterocycles. The first-order valence-corrected chi connectivity index (χ1v) is 5.41. The Morgan fingerprint density at radius 2 is 2.07 bits per heavy atom. The van der Waals surface area contributed by atoms with Crippen LogP contribution in [0, 0.1) is 16.7 Å². The van der Waals surface area contributed by atoms with Gasteiger partial charge in [-0.05, 0) is 26.8 Å². The number of hydrogen-bond acceptors (Lipinski definition) is 4. The van der Waals surface area contributed by atoms with E-state index in [-0.39, 0.29) is 5.41 Å². The third-order valence-electron chi connectivity index (χ3n) is 2.93. The molecule has 1 aliphatic heterocycles. The Kier molecular flexibility index (Phi) is 4.10. The highest BCUT2D eigenvalue weighted by Crippen LogP contribution is 2.20. The zero-order chi connectivity index (χ0) is 11.3. The van der Waals surface area contributed by atoms with Crippen LogP contribution >= 0.6 is 0 Å². The highest BCUT2D eigenvalue weighted by molar-refractivity contribution is 5.84. The molecule has 0 aromatic carbocycles. The lowest BCUT2D eigenvalue weighted by Gasteiger charge is -2.28. The zero-order valence-electron chi connectivity index (χ0n) is 9.53. The van der Waals surface area contributed by atoms with E-state index in [0.29, 0.717) is 0 Å². The van der Waals surface area contributed by atoms with Crippen molar-refractivity contribution in [3.63, 3.8) is 0 Å². The summed E-state index contributed by atoms with van der Waals surface area (Å²) in [6.07, 6.45) is 2.60. The first-order chi connectivity index (χ1) is 7.07. The number of oxime groups is 1. The number of likely N-dealkylation sites (tertiary alicyclic amines) is 1. The van der Waals surface area contributed by atoms with Gasteiger partial charge in [0.15, 0.2) is 0 Å². The van der Waals surface area contributed by atoms with Crippen molar-refractivity contribution in [1.82, 2.24) is 4.90 Å². The average Bonchev–Trinajstić information content (AvgIpc) is 2.27. The fourth-order valence-corrected chi connectivity index (χ4v) is 1.63. The van der Waals surface area contributed by atoms with Crippen molar-refractivity contribution in [3.8, 4) is 6.07 Å². The molecule has 0 radical (unpaired) electrons. The van der Waals surface area contributed by atoms with Gasteiger partial charge in [0.25, 0.3) is 0 Å². The zero-order valence-corrected chi connectivity index (χ0v) is 9.53. The van der Waals surface area contributed by atoms with E-state index in [2.05, 4.69) is 16.1 Å². The predicted octanol–water partition coefficient (Wildman–Crippen LogP) is 1.85. The van der Waals surface area contributed by atoms with E-state index < -0.39 is 0 Å². The normalized spacial score (nSPS) is 18.6. The van der Waals surface area contributed by atoms with E-state index >= 15 is 0 Å². The summed E-state index contributed by atoms with van der Waals surface area (Å²) in [5, 5.41) is 20.7.